The molecule has 6 heteroatoms. The second-order valence-electron chi connectivity index (χ2n) is 3.92. The van der Waals surface area contributed by atoms with Crippen LogP contribution in [0.2, 0.25) is 4.34 Å². The van der Waals surface area contributed by atoms with Crippen LogP contribution in [0.4, 0.5) is 0 Å². The Kier molecular flexibility index (Phi) is 3.41. The zero-order valence-corrected chi connectivity index (χ0v) is 11.6. The molecule has 0 N–H and O–H groups in total. The van der Waals surface area contributed by atoms with Crippen molar-refractivity contribution in [2.75, 3.05) is 7.05 Å². The molecule has 1 aliphatic rings. The van der Waals surface area contributed by atoms with Gasteiger partial charge in [0.1, 0.15) is 4.33 Å². The van der Waals surface area contributed by atoms with Gasteiger partial charge in [-0.2, -0.15) is 0 Å². The monoisotopic (exact) mass is 297 g/mol. The molecule has 1 atom stereocenters. The lowest BCUT2D eigenvalue weighted by atomic mass is 10.3. The van der Waals surface area contributed by atoms with E-state index in [-0.39, 0.29) is 11.8 Å². The van der Waals surface area contributed by atoms with Gasteiger partial charge >= 0.3 is 0 Å². The van der Waals surface area contributed by atoms with Crippen LogP contribution in [0, 0.1) is 5.92 Å². The summed E-state index contributed by atoms with van der Waals surface area (Å²) in [5.41, 5.74) is 0. The highest BCUT2D eigenvalue weighted by Crippen LogP contribution is 2.53. The topological polar surface area (TPSA) is 20.3 Å². The summed E-state index contributed by atoms with van der Waals surface area (Å²) in [4.78, 5) is 14.6. The van der Waals surface area contributed by atoms with E-state index >= 15 is 0 Å². The summed E-state index contributed by atoms with van der Waals surface area (Å²) in [5, 5.41) is 0. The molecule has 1 aliphatic carbocycles. The summed E-state index contributed by atoms with van der Waals surface area (Å²) in [6.45, 7) is 0.552. The molecule has 16 heavy (non-hydrogen) atoms. The molecule has 2 nitrogen and oxygen atoms in total. The third kappa shape index (κ3) is 2.65. The van der Waals surface area contributed by atoms with E-state index in [0.29, 0.717) is 13.0 Å². The molecular weight excluding hydrogens is 289 g/mol. The number of hydrogen-bond acceptors (Lipinski definition) is 2. The van der Waals surface area contributed by atoms with Crippen LogP contribution in [-0.4, -0.2) is 22.2 Å². The van der Waals surface area contributed by atoms with Gasteiger partial charge in [0.15, 0.2) is 0 Å². The number of nitrogens with zero attached hydrogens (tertiary/aromatic N) is 1. The van der Waals surface area contributed by atoms with Crippen molar-refractivity contribution < 1.29 is 4.79 Å². The third-order valence-corrected chi connectivity index (χ3v) is 4.57. The molecule has 1 aromatic heterocycles. The first-order valence-corrected chi connectivity index (χ1v) is 6.72. The van der Waals surface area contributed by atoms with Gasteiger partial charge < -0.3 is 4.90 Å². The van der Waals surface area contributed by atoms with E-state index in [0.717, 1.165) is 9.21 Å². The molecule has 0 aliphatic heterocycles. The summed E-state index contributed by atoms with van der Waals surface area (Å²) in [6, 6.07) is 3.74. The minimum atomic E-state index is -0.849. The summed E-state index contributed by atoms with van der Waals surface area (Å²) < 4.78 is -0.121. The molecule has 1 fully saturated rings. The van der Waals surface area contributed by atoms with Gasteiger partial charge in [-0.1, -0.05) is 11.6 Å². The first-order chi connectivity index (χ1) is 7.40. The van der Waals surface area contributed by atoms with Crippen LogP contribution in [-0.2, 0) is 11.3 Å². The molecule has 1 unspecified atom stereocenters. The van der Waals surface area contributed by atoms with Gasteiger partial charge in [0.2, 0.25) is 5.91 Å². The second-order valence-corrected chi connectivity index (χ2v) is 7.26. The molecule has 88 valence electrons. The van der Waals surface area contributed by atoms with Crippen molar-refractivity contribution >= 4 is 52.0 Å². The minimum Gasteiger partial charge on any atom is -0.340 e. The van der Waals surface area contributed by atoms with Crippen LogP contribution in [0.25, 0.3) is 0 Å². The Morgan fingerprint density at radius 1 is 1.62 bits per heavy atom. The molecule has 0 radical (unpaired) electrons. The fourth-order valence-corrected chi connectivity index (χ4v) is 3.13. The maximum Gasteiger partial charge on any atom is 0.228 e. The summed E-state index contributed by atoms with van der Waals surface area (Å²) in [7, 11) is 1.75. The van der Waals surface area contributed by atoms with Gasteiger partial charge in [-0.15, -0.1) is 34.5 Å². The minimum absolute atomic E-state index is 0.00507. The van der Waals surface area contributed by atoms with E-state index in [1.165, 1.54) is 11.3 Å². The highest BCUT2D eigenvalue weighted by molar-refractivity contribution is 7.16. The van der Waals surface area contributed by atoms with Crippen LogP contribution in [0.3, 0.4) is 0 Å². The number of thiophene rings is 1. The van der Waals surface area contributed by atoms with E-state index in [9.17, 15) is 4.79 Å². The predicted octanol–water partition coefficient (Wildman–Crippen LogP) is 3.55. The lowest BCUT2D eigenvalue weighted by molar-refractivity contribution is -0.131. The molecule has 1 heterocycles. The zero-order chi connectivity index (χ0) is 11.9. The number of carbonyl (C=O) groups is 1. The van der Waals surface area contributed by atoms with E-state index in [4.69, 9.17) is 34.8 Å². The van der Waals surface area contributed by atoms with Crippen LogP contribution >= 0.6 is 46.1 Å². The van der Waals surface area contributed by atoms with Gasteiger partial charge in [-0.25, -0.2) is 0 Å². The van der Waals surface area contributed by atoms with Crippen molar-refractivity contribution in [3.63, 3.8) is 0 Å². The number of alkyl halides is 2. The predicted molar refractivity (Wildman–Crippen MR) is 68.3 cm³/mol. The first-order valence-electron chi connectivity index (χ1n) is 4.77. The third-order valence-electron chi connectivity index (χ3n) is 2.52. The second kappa shape index (κ2) is 4.37. The van der Waals surface area contributed by atoms with Crippen molar-refractivity contribution in [2.45, 2.75) is 17.3 Å². The van der Waals surface area contributed by atoms with Crippen LogP contribution < -0.4 is 0 Å². The molecule has 0 bridgehead atoms. The van der Waals surface area contributed by atoms with E-state index < -0.39 is 4.33 Å². The maximum atomic E-state index is 11.9. The molecule has 1 amide bonds. The number of amides is 1. The standard InChI is InChI=1S/C10H10Cl3NOS/c1-14(5-6-2-3-8(11)16-6)9(15)7-4-10(7,12)13/h2-3,7H,4-5H2,1H3. The summed E-state index contributed by atoms with van der Waals surface area (Å²) in [6.07, 6.45) is 0.546. The Balaban J connectivity index is 1.94. The van der Waals surface area contributed by atoms with Crippen molar-refractivity contribution in [3.8, 4) is 0 Å². The number of hydrogen-bond donors (Lipinski definition) is 0. The Morgan fingerprint density at radius 2 is 2.25 bits per heavy atom. The molecule has 2 rings (SSSR count). The molecular formula is C10H10Cl3NOS. The van der Waals surface area contributed by atoms with Crippen molar-refractivity contribution in [2.24, 2.45) is 5.92 Å². The normalized spacial score (nSPS) is 21.9. The van der Waals surface area contributed by atoms with Crippen molar-refractivity contribution in [1.29, 1.82) is 0 Å². The van der Waals surface area contributed by atoms with Crippen molar-refractivity contribution in [1.82, 2.24) is 4.90 Å². The molecule has 1 aromatic rings. The lowest BCUT2D eigenvalue weighted by Crippen LogP contribution is -2.28. The Labute approximate surface area is 113 Å². The zero-order valence-electron chi connectivity index (χ0n) is 8.54. The SMILES string of the molecule is CN(Cc1ccc(Cl)s1)C(=O)C1CC1(Cl)Cl. The Bertz CT molecular complexity index is 418. The average molecular weight is 299 g/mol. The first kappa shape index (κ1) is 12.5. The number of halogens is 3. The lowest BCUT2D eigenvalue weighted by Gasteiger charge is -2.16. The Hall–Kier alpha value is 0.0400. The van der Waals surface area contributed by atoms with Gasteiger partial charge in [-0.05, 0) is 18.6 Å². The number of rotatable bonds is 3. The van der Waals surface area contributed by atoms with E-state index in [1.807, 2.05) is 12.1 Å². The van der Waals surface area contributed by atoms with Gasteiger partial charge in [0.05, 0.1) is 16.8 Å². The maximum absolute atomic E-state index is 11.9. The molecule has 0 aromatic carbocycles. The quantitative estimate of drug-likeness (QED) is 0.782. The van der Waals surface area contributed by atoms with E-state index in [1.54, 1.807) is 11.9 Å². The number of carbonyl (C=O) groups excluding carboxylic acids is 1. The van der Waals surface area contributed by atoms with Crippen LogP contribution in [0.5, 0.6) is 0 Å². The summed E-state index contributed by atoms with van der Waals surface area (Å²) in [5.74, 6) is -0.259. The highest BCUT2D eigenvalue weighted by Gasteiger charge is 2.57. The smallest absolute Gasteiger partial charge is 0.228 e. The fraction of sp³-hybridized carbons (Fsp3) is 0.500. The van der Waals surface area contributed by atoms with Gasteiger partial charge in [0, 0.05) is 11.9 Å². The molecule has 1 saturated carbocycles. The van der Waals surface area contributed by atoms with Crippen LogP contribution in [0.1, 0.15) is 11.3 Å². The highest BCUT2D eigenvalue weighted by atomic mass is 35.5. The Morgan fingerprint density at radius 3 is 2.69 bits per heavy atom. The molecule has 0 spiro atoms. The van der Waals surface area contributed by atoms with Gasteiger partial charge in [0.25, 0.3) is 0 Å². The van der Waals surface area contributed by atoms with Crippen LogP contribution in [0.15, 0.2) is 12.1 Å². The average Bonchev–Trinajstić information content (AvgIpc) is 2.62. The van der Waals surface area contributed by atoms with Crippen molar-refractivity contribution in [3.05, 3.63) is 21.3 Å². The molecule has 0 saturated heterocycles. The largest absolute Gasteiger partial charge is 0.340 e. The fourth-order valence-electron chi connectivity index (χ4n) is 1.50. The van der Waals surface area contributed by atoms with E-state index in [2.05, 4.69) is 0 Å². The summed E-state index contributed by atoms with van der Waals surface area (Å²) >= 11 is 19.0. The van der Waals surface area contributed by atoms with Gasteiger partial charge in [-0.3, -0.25) is 4.79 Å².